The highest BCUT2D eigenvalue weighted by atomic mass is 16.5. The van der Waals surface area contributed by atoms with E-state index < -0.39 is 0 Å². The maximum absolute atomic E-state index is 12.3. The van der Waals surface area contributed by atoms with E-state index >= 15 is 0 Å². The van der Waals surface area contributed by atoms with E-state index in [-0.39, 0.29) is 11.8 Å². The molecule has 3 heterocycles. The molecule has 0 atom stereocenters. The minimum atomic E-state index is 0.0359. The summed E-state index contributed by atoms with van der Waals surface area (Å²) in [5.74, 6) is 0.710. The Bertz CT molecular complexity index is 739. The van der Waals surface area contributed by atoms with Crippen LogP contribution in [0.2, 0.25) is 0 Å². The van der Waals surface area contributed by atoms with Crippen LogP contribution in [0.3, 0.4) is 0 Å². The van der Waals surface area contributed by atoms with Gasteiger partial charge in [-0.3, -0.25) is 4.79 Å². The van der Waals surface area contributed by atoms with E-state index in [0.29, 0.717) is 19.0 Å². The summed E-state index contributed by atoms with van der Waals surface area (Å²) < 4.78 is 5.31. The number of carbonyl (C=O) groups excluding carboxylic acids is 1. The van der Waals surface area contributed by atoms with Gasteiger partial charge >= 0.3 is 0 Å². The maximum Gasteiger partial charge on any atom is 0.228 e. The van der Waals surface area contributed by atoms with Crippen molar-refractivity contribution >= 4 is 17.4 Å². The van der Waals surface area contributed by atoms with Gasteiger partial charge < -0.3 is 15.0 Å². The predicted molar refractivity (Wildman–Crippen MR) is 97.6 cm³/mol. The molecule has 1 fully saturated rings. The lowest BCUT2D eigenvalue weighted by molar-refractivity contribution is -0.122. The summed E-state index contributed by atoms with van der Waals surface area (Å²) in [5, 5.41) is 2.93. The Labute approximate surface area is 148 Å². The molecule has 1 aromatic heterocycles. The summed E-state index contributed by atoms with van der Waals surface area (Å²) >= 11 is 0. The molecule has 130 valence electrons. The third kappa shape index (κ3) is 3.66. The van der Waals surface area contributed by atoms with Crippen molar-refractivity contribution in [3.63, 3.8) is 0 Å². The Balaban J connectivity index is 1.40. The van der Waals surface area contributed by atoms with E-state index in [1.165, 1.54) is 11.1 Å². The molecule has 5 heteroatoms. The predicted octanol–water partition coefficient (Wildman–Crippen LogP) is 3.01. The molecule has 1 N–H and O–H groups in total. The van der Waals surface area contributed by atoms with Crippen LogP contribution >= 0.6 is 0 Å². The molecule has 1 aromatic carbocycles. The standard InChI is InChI=1S/C20H23N3O2/c24-20(16-8-11-25-12-9-16)22-19-6-5-18(13-21-19)23-10-7-15-3-1-2-4-17(15)14-23/h1-6,13,16H,7-12,14H2,(H,21,22,24). The molecule has 2 aliphatic heterocycles. The van der Waals surface area contributed by atoms with Gasteiger partial charge in [-0.2, -0.15) is 0 Å². The van der Waals surface area contributed by atoms with Crippen LogP contribution in [0.4, 0.5) is 11.5 Å². The van der Waals surface area contributed by atoms with Gasteiger partial charge in [0.05, 0.1) is 11.9 Å². The summed E-state index contributed by atoms with van der Waals surface area (Å²) in [6.07, 6.45) is 4.49. The molecule has 0 radical (unpaired) electrons. The molecule has 0 bridgehead atoms. The van der Waals surface area contributed by atoms with Crippen molar-refractivity contribution in [2.45, 2.75) is 25.8 Å². The van der Waals surface area contributed by atoms with Crippen LogP contribution in [0.25, 0.3) is 0 Å². The number of carbonyl (C=O) groups is 1. The zero-order valence-corrected chi connectivity index (χ0v) is 14.3. The van der Waals surface area contributed by atoms with Gasteiger partial charge in [0.1, 0.15) is 5.82 Å². The molecule has 5 nitrogen and oxygen atoms in total. The molecule has 1 saturated heterocycles. The number of amides is 1. The smallest absolute Gasteiger partial charge is 0.228 e. The Kier molecular flexibility index (Phi) is 4.65. The van der Waals surface area contributed by atoms with E-state index in [9.17, 15) is 4.79 Å². The van der Waals surface area contributed by atoms with Crippen molar-refractivity contribution in [3.8, 4) is 0 Å². The number of rotatable bonds is 3. The third-order valence-corrected chi connectivity index (χ3v) is 5.09. The quantitative estimate of drug-likeness (QED) is 0.935. The molecule has 1 amide bonds. The third-order valence-electron chi connectivity index (χ3n) is 5.09. The highest BCUT2D eigenvalue weighted by Gasteiger charge is 2.22. The molecule has 4 rings (SSSR count). The van der Waals surface area contributed by atoms with Crippen LogP contribution in [0.1, 0.15) is 24.0 Å². The molecular weight excluding hydrogens is 314 g/mol. The van der Waals surface area contributed by atoms with Crippen LogP contribution in [-0.2, 0) is 22.5 Å². The monoisotopic (exact) mass is 337 g/mol. The summed E-state index contributed by atoms with van der Waals surface area (Å²) in [6.45, 7) is 3.24. The molecule has 0 aliphatic carbocycles. The van der Waals surface area contributed by atoms with Gasteiger partial charge in [-0.05, 0) is 42.5 Å². The van der Waals surface area contributed by atoms with Gasteiger partial charge in [0, 0.05) is 32.2 Å². The van der Waals surface area contributed by atoms with Crippen LogP contribution in [-0.4, -0.2) is 30.6 Å². The first kappa shape index (κ1) is 16.1. The summed E-state index contributed by atoms with van der Waals surface area (Å²) in [5.41, 5.74) is 3.91. The zero-order valence-electron chi connectivity index (χ0n) is 14.3. The largest absolute Gasteiger partial charge is 0.381 e. The minimum Gasteiger partial charge on any atom is -0.381 e. The van der Waals surface area contributed by atoms with E-state index in [4.69, 9.17) is 4.74 Å². The van der Waals surface area contributed by atoms with Gasteiger partial charge in [0.2, 0.25) is 5.91 Å². The lowest BCUT2D eigenvalue weighted by atomic mass is 9.99. The van der Waals surface area contributed by atoms with Gasteiger partial charge in [0.25, 0.3) is 0 Å². The molecule has 2 aliphatic rings. The number of benzene rings is 1. The lowest BCUT2D eigenvalue weighted by Crippen LogP contribution is -2.30. The highest BCUT2D eigenvalue weighted by molar-refractivity contribution is 5.91. The molecular formula is C20H23N3O2. The first-order valence-electron chi connectivity index (χ1n) is 8.96. The second-order valence-electron chi connectivity index (χ2n) is 6.72. The fraction of sp³-hybridized carbons (Fsp3) is 0.400. The van der Waals surface area contributed by atoms with Crippen molar-refractivity contribution in [2.24, 2.45) is 5.92 Å². The minimum absolute atomic E-state index is 0.0359. The van der Waals surface area contributed by atoms with Crippen molar-refractivity contribution in [2.75, 3.05) is 30.0 Å². The number of nitrogens with one attached hydrogen (secondary N) is 1. The second-order valence-corrected chi connectivity index (χ2v) is 6.72. The number of fused-ring (bicyclic) bond motifs is 1. The van der Waals surface area contributed by atoms with Crippen molar-refractivity contribution in [1.29, 1.82) is 0 Å². The first-order chi connectivity index (χ1) is 12.3. The van der Waals surface area contributed by atoms with Gasteiger partial charge in [-0.15, -0.1) is 0 Å². The average molecular weight is 337 g/mol. The van der Waals surface area contributed by atoms with Crippen LogP contribution < -0.4 is 10.2 Å². The van der Waals surface area contributed by atoms with E-state index in [1.807, 2.05) is 18.3 Å². The molecule has 0 unspecified atom stereocenters. The van der Waals surface area contributed by atoms with E-state index in [1.54, 1.807) is 0 Å². The van der Waals surface area contributed by atoms with Gasteiger partial charge in [-0.1, -0.05) is 24.3 Å². The fourth-order valence-corrected chi connectivity index (χ4v) is 3.55. The van der Waals surface area contributed by atoms with Crippen LogP contribution in [0, 0.1) is 5.92 Å². The van der Waals surface area contributed by atoms with E-state index in [0.717, 1.165) is 38.0 Å². The average Bonchev–Trinajstić information content (AvgIpc) is 2.69. The van der Waals surface area contributed by atoms with Crippen LogP contribution in [0.5, 0.6) is 0 Å². The molecule has 25 heavy (non-hydrogen) atoms. The Morgan fingerprint density at radius 3 is 2.68 bits per heavy atom. The lowest BCUT2D eigenvalue weighted by Gasteiger charge is -2.30. The zero-order chi connectivity index (χ0) is 17.1. The topological polar surface area (TPSA) is 54.5 Å². The van der Waals surface area contributed by atoms with Crippen molar-refractivity contribution < 1.29 is 9.53 Å². The first-order valence-corrected chi connectivity index (χ1v) is 8.96. The Morgan fingerprint density at radius 2 is 1.92 bits per heavy atom. The second kappa shape index (κ2) is 7.23. The number of anilines is 2. The number of aromatic nitrogens is 1. The summed E-state index contributed by atoms with van der Waals surface area (Å²) in [4.78, 5) is 19.0. The SMILES string of the molecule is O=C(Nc1ccc(N2CCc3ccccc3C2)cn1)C1CCOCC1. The van der Waals surface area contributed by atoms with Gasteiger partial charge in [-0.25, -0.2) is 4.98 Å². The van der Waals surface area contributed by atoms with Crippen LogP contribution in [0.15, 0.2) is 42.6 Å². The maximum atomic E-state index is 12.3. The number of nitrogens with zero attached hydrogens (tertiary/aromatic N) is 2. The molecule has 0 saturated carbocycles. The Hall–Kier alpha value is -2.40. The highest BCUT2D eigenvalue weighted by Crippen LogP contribution is 2.25. The summed E-state index contributed by atoms with van der Waals surface area (Å²) in [7, 11) is 0. The van der Waals surface area contributed by atoms with E-state index in [2.05, 4.69) is 39.5 Å². The number of pyridine rings is 1. The number of hydrogen-bond donors (Lipinski definition) is 1. The molecule has 0 spiro atoms. The van der Waals surface area contributed by atoms with Crippen molar-refractivity contribution in [1.82, 2.24) is 4.98 Å². The van der Waals surface area contributed by atoms with Crippen molar-refractivity contribution in [3.05, 3.63) is 53.7 Å². The summed E-state index contributed by atoms with van der Waals surface area (Å²) in [6, 6.07) is 12.5. The number of hydrogen-bond acceptors (Lipinski definition) is 4. The van der Waals surface area contributed by atoms with Gasteiger partial charge in [0.15, 0.2) is 0 Å². The molecule has 2 aromatic rings. The fourth-order valence-electron chi connectivity index (χ4n) is 3.55. The normalized spacial score (nSPS) is 17.8. The number of ether oxygens (including phenoxy) is 1. The Morgan fingerprint density at radius 1 is 1.12 bits per heavy atom.